The second-order valence-corrected chi connectivity index (χ2v) is 7.93. The van der Waals surface area contributed by atoms with Crippen LogP contribution < -0.4 is 0 Å². The van der Waals surface area contributed by atoms with Crippen LogP contribution in [0.3, 0.4) is 0 Å². The monoisotopic (exact) mass is 331 g/mol. The molecule has 5 heteroatoms. The SMILES string of the molecule is CC(C)(C)OC(=O)N1CCC2(CC1)C[C@H](C(=O)O)c1ccccc12. The standard InChI is InChI=1S/C19H25NO4/c1-18(2,3)24-17(23)20-10-8-19(9-11-20)12-14(16(21)22)13-6-4-5-7-15(13)19/h4-7,14H,8-12H2,1-3H3,(H,21,22)/t14-/m0/s1. The largest absolute Gasteiger partial charge is 0.481 e. The molecular formula is C19H25NO4. The van der Waals surface area contributed by atoms with Crippen molar-refractivity contribution in [1.82, 2.24) is 4.90 Å². The molecule has 1 N–H and O–H groups in total. The minimum Gasteiger partial charge on any atom is -0.481 e. The van der Waals surface area contributed by atoms with Gasteiger partial charge in [0.05, 0.1) is 5.92 Å². The third-order valence-electron chi connectivity index (χ3n) is 5.17. The Hall–Kier alpha value is -2.04. The number of aliphatic carboxylic acids is 1. The van der Waals surface area contributed by atoms with Crippen LogP contribution in [-0.4, -0.2) is 40.8 Å². The molecule has 1 heterocycles. The summed E-state index contributed by atoms with van der Waals surface area (Å²) in [6.45, 7) is 6.80. The molecule has 130 valence electrons. The molecular weight excluding hydrogens is 306 g/mol. The van der Waals surface area contributed by atoms with E-state index in [9.17, 15) is 14.7 Å². The van der Waals surface area contributed by atoms with E-state index in [2.05, 4.69) is 6.07 Å². The Morgan fingerprint density at radius 3 is 2.42 bits per heavy atom. The number of carboxylic acids is 1. The molecule has 0 radical (unpaired) electrons. The fourth-order valence-corrected chi connectivity index (χ4v) is 4.03. The van der Waals surface area contributed by atoms with E-state index in [-0.39, 0.29) is 11.5 Å². The molecule has 0 saturated carbocycles. The van der Waals surface area contributed by atoms with Gasteiger partial charge >= 0.3 is 12.1 Å². The number of benzene rings is 1. The summed E-state index contributed by atoms with van der Waals surface area (Å²) in [5, 5.41) is 9.56. The lowest BCUT2D eigenvalue weighted by Crippen LogP contribution is -2.46. The van der Waals surface area contributed by atoms with Gasteiger partial charge < -0.3 is 14.7 Å². The quantitative estimate of drug-likeness (QED) is 0.855. The first-order chi connectivity index (χ1) is 11.2. The maximum atomic E-state index is 12.2. The van der Waals surface area contributed by atoms with Gasteiger partial charge in [-0.3, -0.25) is 4.79 Å². The van der Waals surface area contributed by atoms with E-state index in [1.807, 2.05) is 39.0 Å². The zero-order valence-electron chi connectivity index (χ0n) is 14.5. The molecule has 0 aromatic heterocycles. The number of piperidine rings is 1. The highest BCUT2D eigenvalue weighted by atomic mass is 16.6. The molecule has 3 rings (SSSR count). The Kier molecular flexibility index (Phi) is 4.06. The van der Waals surface area contributed by atoms with Gasteiger partial charge in [-0.25, -0.2) is 4.79 Å². The lowest BCUT2D eigenvalue weighted by Gasteiger charge is -2.40. The highest BCUT2D eigenvalue weighted by Crippen LogP contribution is 2.51. The van der Waals surface area contributed by atoms with Crippen molar-refractivity contribution < 1.29 is 19.4 Å². The third kappa shape index (κ3) is 2.99. The maximum Gasteiger partial charge on any atom is 0.410 e. The minimum absolute atomic E-state index is 0.127. The van der Waals surface area contributed by atoms with E-state index in [4.69, 9.17) is 4.74 Å². The molecule has 1 amide bonds. The number of rotatable bonds is 1. The van der Waals surface area contributed by atoms with Crippen molar-refractivity contribution in [3.8, 4) is 0 Å². The average molecular weight is 331 g/mol. The van der Waals surface area contributed by atoms with Crippen molar-refractivity contribution in [3.63, 3.8) is 0 Å². The molecule has 24 heavy (non-hydrogen) atoms. The maximum absolute atomic E-state index is 12.2. The summed E-state index contributed by atoms with van der Waals surface area (Å²) in [6.07, 6.45) is 1.92. The molecule has 1 saturated heterocycles. The summed E-state index contributed by atoms with van der Waals surface area (Å²) in [5.41, 5.74) is 1.47. The molecule has 1 aliphatic carbocycles. The highest BCUT2D eigenvalue weighted by Gasteiger charge is 2.48. The fourth-order valence-electron chi connectivity index (χ4n) is 4.03. The van der Waals surface area contributed by atoms with Crippen LogP contribution in [0.25, 0.3) is 0 Å². The first kappa shape index (κ1) is 16.8. The second kappa shape index (κ2) is 5.80. The first-order valence-corrected chi connectivity index (χ1v) is 8.52. The van der Waals surface area contributed by atoms with E-state index >= 15 is 0 Å². The van der Waals surface area contributed by atoms with E-state index in [1.165, 1.54) is 0 Å². The topological polar surface area (TPSA) is 66.8 Å². The van der Waals surface area contributed by atoms with Crippen LogP contribution in [0.1, 0.15) is 57.1 Å². The second-order valence-electron chi connectivity index (χ2n) is 7.93. The van der Waals surface area contributed by atoms with Gasteiger partial charge in [0.15, 0.2) is 0 Å². The molecule has 1 aromatic carbocycles. The first-order valence-electron chi connectivity index (χ1n) is 8.52. The number of nitrogens with zero attached hydrogens (tertiary/aromatic N) is 1. The number of hydrogen-bond acceptors (Lipinski definition) is 3. The Morgan fingerprint density at radius 1 is 1.21 bits per heavy atom. The van der Waals surface area contributed by atoms with Crippen LogP contribution in [0, 0.1) is 0 Å². The number of ether oxygens (including phenoxy) is 1. The summed E-state index contributed by atoms with van der Waals surface area (Å²) < 4.78 is 5.45. The smallest absolute Gasteiger partial charge is 0.410 e. The molecule has 0 bridgehead atoms. The van der Waals surface area contributed by atoms with Crippen LogP contribution in [0.4, 0.5) is 4.79 Å². The molecule has 5 nitrogen and oxygen atoms in total. The van der Waals surface area contributed by atoms with Crippen LogP contribution in [0.2, 0.25) is 0 Å². The third-order valence-corrected chi connectivity index (χ3v) is 5.17. The molecule has 1 spiro atoms. The number of carbonyl (C=O) groups excluding carboxylic acids is 1. The average Bonchev–Trinajstić information content (AvgIpc) is 2.82. The Balaban J connectivity index is 1.76. The van der Waals surface area contributed by atoms with Gasteiger partial charge in [0.25, 0.3) is 0 Å². The predicted molar refractivity (Wildman–Crippen MR) is 90.2 cm³/mol. The predicted octanol–water partition coefficient (Wildman–Crippen LogP) is 3.53. The van der Waals surface area contributed by atoms with E-state index in [0.717, 1.165) is 24.0 Å². The van der Waals surface area contributed by atoms with Crippen molar-refractivity contribution in [2.45, 2.75) is 57.0 Å². The summed E-state index contributed by atoms with van der Waals surface area (Å²) >= 11 is 0. The number of likely N-dealkylation sites (tertiary alicyclic amines) is 1. The zero-order chi connectivity index (χ0) is 17.5. The van der Waals surface area contributed by atoms with Crippen molar-refractivity contribution in [2.24, 2.45) is 0 Å². The Bertz CT molecular complexity index is 654. The number of carboxylic acid groups (broad SMARTS) is 1. The van der Waals surface area contributed by atoms with Gasteiger partial charge in [-0.1, -0.05) is 24.3 Å². The van der Waals surface area contributed by atoms with Gasteiger partial charge in [0, 0.05) is 18.5 Å². The van der Waals surface area contributed by atoms with Gasteiger partial charge in [-0.15, -0.1) is 0 Å². The van der Waals surface area contributed by atoms with Crippen molar-refractivity contribution >= 4 is 12.1 Å². The van der Waals surface area contributed by atoms with E-state index in [0.29, 0.717) is 19.5 Å². The van der Waals surface area contributed by atoms with Crippen molar-refractivity contribution in [1.29, 1.82) is 0 Å². The highest BCUT2D eigenvalue weighted by molar-refractivity contribution is 5.79. The van der Waals surface area contributed by atoms with Crippen LogP contribution in [-0.2, 0) is 14.9 Å². The van der Waals surface area contributed by atoms with Gasteiger partial charge in [0.1, 0.15) is 5.60 Å². The fraction of sp³-hybridized carbons (Fsp3) is 0.579. The molecule has 1 aliphatic heterocycles. The van der Waals surface area contributed by atoms with E-state index < -0.39 is 17.5 Å². The van der Waals surface area contributed by atoms with Crippen LogP contribution in [0.5, 0.6) is 0 Å². The van der Waals surface area contributed by atoms with Gasteiger partial charge in [-0.2, -0.15) is 0 Å². The number of hydrogen-bond donors (Lipinski definition) is 1. The Labute approximate surface area is 142 Å². The van der Waals surface area contributed by atoms with Crippen molar-refractivity contribution in [2.75, 3.05) is 13.1 Å². The van der Waals surface area contributed by atoms with E-state index in [1.54, 1.807) is 4.90 Å². The van der Waals surface area contributed by atoms with Crippen LogP contribution >= 0.6 is 0 Å². The molecule has 0 unspecified atom stereocenters. The number of amides is 1. The lowest BCUT2D eigenvalue weighted by atomic mass is 9.73. The van der Waals surface area contributed by atoms with Gasteiger partial charge in [0.2, 0.25) is 0 Å². The summed E-state index contributed by atoms with van der Waals surface area (Å²) in [6, 6.07) is 7.87. The van der Waals surface area contributed by atoms with Crippen molar-refractivity contribution in [3.05, 3.63) is 35.4 Å². The molecule has 1 aromatic rings. The molecule has 2 aliphatic rings. The Morgan fingerprint density at radius 2 is 1.83 bits per heavy atom. The summed E-state index contributed by atoms with van der Waals surface area (Å²) in [4.78, 5) is 25.6. The summed E-state index contributed by atoms with van der Waals surface area (Å²) in [5.74, 6) is -1.19. The number of fused-ring (bicyclic) bond motifs is 2. The number of carbonyl (C=O) groups is 2. The summed E-state index contributed by atoms with van der Waals surface area (Å²) in [7, 11) is 0. The lowest BCUT2D eigenvalue weighted by molar-refractivity contribution is -0.139. The molecule has 1 fully saturated rings. The minimum atomic E-state index is -0.756. The van der Waals surface area contributed by atoms with Gasteiger partial charge in [-0.05, 0) is 51.2 Å². The normalized spacial score (nSPS) is 22.3. The molecule has 1 atom stereocenters. The zero-order valence-corrected chi connectivity index (χ0v) is 14.5. The van der Waals surface area contributed by atoms with Crippen LogP contribution in [0.15, 0.2) is 24.3 Å².